The van der Waals surface area contributed by atoms with Crippen LogP contribution >= 0.6 is 7.82 Å². The van der Waals surface area contributed by atoms with E-state index in [1.54, 1.807) is 6.07 Å². The van der Waals surface area contributed by atoms with Gasteiger partial charge in [0.25, 0.3) is 0 Å². The molecule has 0 rings (SSSR count). The largest absolute Gasteiger partial charge is 1.00 e. The Labute approximate surface area is 156 Å². The summed E-state index contributed by atoms with van der Waals surface area (Å²) in [5.41, 5.74) is 0. The molecular weight excluding hydrogens is 239 g/mol. The third kappa shape index (κ3) is 224. The van der Waals surface area contributed by atoms with Crippen LogP contribution in [0.3, 0.4) is 0 Å². The van der Waals surface area contributed by atoms with Crippen LogP contribution in [0, 0.1) is 11.3 Å². The third-order valence-electron chi connectivity index (χ3n) is 0. The Balaban J connectivity index is -0.0000000209. The Kier molecular flexibility index (Phi) is 57.6. The number of phosphoric acid groups is 1. The molecule has 0 heterocycles. The van der Waals surface area contributed by atoms with Crippen LogP contribution in [0.1, 0.15) is 6.92 Å². The van der Waals surface area contributed by atoms with Crippen LogP contribution in [0.2, 0.25) is 0 Å². The zero-order valence-electron chi connectivity index (χ0n) is 7.51. The van der Waals surface area contributed by atoms with Gasteiger partial charge in [-0.15, -0.1) is 0 Å². The number of aliphatic hydroxyl groups excluding tert-OH is 1. The van der Waals surface area contributed by atoms with Crippen molar-refractivity contribution in [3.8, 4) is 6.07 Å². The molecule has 0 atom stereocenters. The maximum Gasteiger partial charge on any atom is 1.00 e. The summed E-state index contributed by atoms with van der Waals surface area (Å²) in [5, 5.41) is 14.3. The van der Waals surface area contributed by atoms with Gasteiger partial charge in [-0.2, -0.15) is 5.26 Å². The molecule has 2 N–H and O–H groups in total. The predicted molar refractivity (Wildman–Crippen MR) is 29.3 cm³/mol. The number of rotatable bonds is 0. The van der Waals surface area contributed by atoms with Gasteiger partial charge < -0.3 is 24.4 Å². The summed E-state index contributed by atoms with van der Waals surface area (Å²) in [6, 6.07) is 1.75. The van der Waals surface area contributed by atoms with Gasteiger partial charge in [-0.3, -0.25) is 0 Å². The van der Waals surface area contributed by atoms with E-state index in [9.17, 15) is 0 Å². The SMILES string of the molecule is CC#N.CO.O=P([O-])([O-])O.[K+].[K+]. The second-order valence-corrected chi connectivity index (χ2v) is 1.63. The van der Waals surface area contributed by atoms with Crippen molar-refractivity contribution in [2.75, 3.05) is 7.11 Å². The molecule has 0 bridgehead atoms. The Morgan fingerprint density at radius 3 is 1.33 bits per heavy atom. The molecule has 0 spiro atoms. The Bertz CT molecular complexity index is 123. The van der Waals surface area contributed by atoms with E-state index in [4.69, 9.17) is 29.6 Å². The second-order valence-electron chi connectivity index (χ2n) is 0.692. The van der Waals surface area contributed by atoms with Crippen molar-refractivity contribution in [2.24, 2.45) is 0 Å². The third-order valence-corrected chi connectivity index (χ3v) is 0. The zero-order valence-corrected chi connectivity index (χ0v) is 14.7. The summed E-state index contributed by atoms with van der Waals surface area (Å²) in [7, 11) is -4.14. The molecule has 12 heavy (non-hydrogen) atoms. The number of aliphatic hydroxyl groups is 1. The summed E-state index contributed by atoms with van der Waals surface area (Å²) in [6.07, 6.45) is 0. The van der Waals surface area contributed by atoms with Crippen molar-refractivity contribution in [3.05, 3.63) is 0 Å². The fourth-order valence-corrected chi connectivity index (χ4v) is 0. The van der Waals surface area contributed by atoms with Crippen LogP contribution in [0.5, 0.6) is 0 Å². The fraction of sp³-hybridized carbons (Fsp3) is 0.667. The topological polar surface area (TPSA) is 127 Å². The van der Waals surface area contributed by atoms with Gasteiger partial charge in [-0.1, -0.05) is 0 Å². The van der Waals surface area contributed by atoms with Crippen LogP contribution in [-0.4, -0.2) is 17.1 Å². The fourth-order valence-electron chi connectivity index (χ4n) is 0. The number of nitriles is 1. The van der Waals surface area contributed by atoms with Crippen molar-refractivity contribution in [3.63, 3.8) is 0 Å². The quantitative estimate of drug-likeness (QED) is 0.323. The van der Waals surface area contributed by atoms with Gasteiger partial charge in [-0.25, -0.2) is 0 Å². The van der Waals surface area contributed by atoms with E-state index in [1.807, 2.05) is 0 Å². The van der Waals surface area contributed by atoms with E-state index in [1.165, 1.54) is 6.92 Å². The van der Waals surface area contributed by atoms with E-state index in [-0.39, 0.29) is 103 Å². The van der Waals surface area contributed by atoms with Gasteiger partial charge in [0, 0.05) is 14.0 Å². The molecule has 0 aliphatic rings. The first-order valence-corrected chi connectivity index (χ1v) is 3.41. The van der Waals surface area contributed by atoms with Crippen LogP contribution in [0.4, 0.5) is 0 Å². The minimum absolute atomic E-state index is 0. The maximum absolute atomic E-state index is 8.66. The van der Waals surface area contributed by atoms with Crippen molar-refractivity contribution in [1.82, 2.24) is 0 Å². The summed E-state index contributed by atoms with van der Waals surface area (Å²) in [4.78, 5) is 24.3. The Morgan fingerprint density at radius 2 is 1.33 bits per heavy atom. The molecule has 0 aromatic carbocycles. The number of nitrogens with zero attached hydrogens (tertiary/aromatic N) is 1. The number of hydrogen-bond donors (Lipinski definition) is 2. The average Bonchev–Trinajstić information content (AvgIpc) is 1.68. The van der Waals surface area contributed by atoms with Gasteiger partial charge in [-0.05, 0) is 0 Å². The van der Waals surface area contributed by atoms with Crippen LogP contribution < -0.4 is 113 Å². The Morgan fingerprint density at radius 1 is 1.33 bits per heavy atom. The second kappa shape index (κ2) is 23.6. The zero-order chi connectivity index (χ0) is 9.21. The molecule has 0 aliphatic carbocycles. The predicted octanol–water partition coefficient (Wildman–Crippen LogP) is -8.05. The van der Waals surface area contributed by atoms with Crippen molar-refractivity contribution < 1.29 is 127 Å². The molecule has 0 fully saturated rings. The van der Waals surface area contributed by atoms with E-state index >= 15 is 0 Å². The van der Waals surface area contributed by atoms with Crippen LogP contribution in [0.15, 0.2) is 0 Å². The standard InChI is InChI=1S/C2H3N.CH4O.2K.H3O4P/c1-2-3;1-2;;;1-5(2,3)4/h1H3;2H,1H3;;;(H3,1,2,3,4)/q;;2*+1;/p-2. The van der Waals surface area contributed by atoms with E-state index in [0.717, 1.165) is 7.11 Å². The number of hydrogen-bond acceptors (Lipinski definition) is 5. The van der Waals surface area contributed by atoms with Gasteiger partial charge >= 0.3 is 103 Å². The van der Waals surface area contributed by atoms with Gasteiger partial charge in [0.05, 0.1) is 13.9 Å². The first kappa shape index (κ1) is 29.4. The van der Waals surface area contributed by atoms with Gasteiger partial charge in [0.15, 0.2) is 0 Å². The van der Waals surface area contributed by atoms with Crippen molar-refractivity contribution in [2.45, 2.75) is 6.92 Å². The minimum atomic E-state index is -5.14. The molecule has 0 amide bonds. The van der Waals surface area contributed by atoms with Crippen molar-refractivity contribution >= 4 is 7.82 Å². The first-order chi connectivity index (χ1) is 4.41. The van der Waals surface area contributed by atoms with Gasteiger partial charge in [0.2, 0.25) is 0 Å². The summed E-state index contributed by atoms with van der Waals surface area (Å²) in [6.45, 7) is 1.43. The first-order valence-electron chi connectivity index (χ1n) is 1.92. The van der Waals surface area contributed by atoms with Crippen LogP contribution in [-0.2, 0) is 4.57 Å². The summed E-state index contributed by atoms with van der Waals surface area (Å²) < 4.78 is 8.66. The smallest absolute Gasteiger partial charge is 0.790 e. The minimum Gasteiger partial charge on any atom is -0.790 e. The molecule has 0 aliphatic heterocycles. The molecule has 0 aromatic heterocycles. The maximum atomic E-state index is 8.66. The summed E-state index contributed by atoms with van der Waals surface area (Å²) in [5.74, 6) is 0. The van der Waals surface area contributed by atoms with E-state index in [2.05, 4.69) is 0 Å². The molecule has 0 aromatic rings. The van der Waals surface area contributed by atoms with Crippen molar-refractivity contribution in [1.29, 1.82) is 5.26 Å². The monoisotopic (exact) mass is 247 g/mol. The van der Waals surface area contributed by atoms with Crippen LogP contribution in [0.25, 0.3) is 0 Å². The molecule has 9 heteroatoms. The summed E-state index contributed by atoms with van der Waals surface area (Å²) >= 11 is 0. The average molecular weight is 247 g/mol. The molecule has 0 radical (unpaired) electrons. The Hall–Kier alpha value is 2.83. The normalized spacial score (nSPS) is 6.08. The molecule has 0 saturated carbocycles. The van der Waals surface area contributed by atoms with E-state index in [0.29, 0.717) is 0 Å². The molecular formula is C3H8K2NO5P. The molecule has 0 saturated heterocycles. The molecule has 62 valence electrons. The molecule has 0 unspecified atom stereocenters. The molecule has 6 nitrogen and oxygen atoms in total. The van der Waals surface area contributed by atoms with Gasteiger partial charge in [0.1, 0.15) is 0 Å². The van der Waals surface area contributed by atoms with E-state index < -0.39 is 7.82 Å².